The van der Waals surface area contributed by atoms with E-state index < -0.39 is 15.1 Å². The van der Waals surface area contributed by atoms with Gasteiger partial charge in [-0.15, -0.1) is 0 Å². The lowest BCUT2D eigenvalue weighted by Crippen LogP contribution is -2.34. The van der Waals surface area contributed by atoms with Crippen molar-refractivity contribution in [2.45, 2.75) is 18.1 Å². The molecule has 6 nitrogen and oxygen atoms in total. The summed E-state index contributed by atoms with van der Waals surface area (Å²) in [5.74, 6) is 0.336. The number of anilines is 1. The molecule has 8 heteroatoms. The first-order valence-electron chi connectivity index (χ1n) is 6.27. The molecule has 2 heterocycles. The summed E-state index contributed by atoms with van der Waals surface area (Å²) >= 11 is 5.82. The molecule has 0 saturated carbocycles. The Morgan fingerprint density at radius 1 is 1.50 bits per heavy atom. The summed E-state index contributed by atoms with van der Waals surface area (Å²) in [5.41, 5.74) is 0.352. The van der Waals surface area contributed by atoms with E-state index in [1.807, 2.05) is 0 Å². The second kappa shape index (κ2) is 5.97. The molecule has 0 bridgehead atoms. The fourth-order valence-corrected chi connectivity index (χ4v) is 4.13. The monoisotopic (exact) mass is 317 g/mol. The van der Waals surface area contributed by atoms with Crippen LogP contribution in [0.1, 0.15) is 23.2 Å². The lowest BCUT2D eigenvalue weighted by Gasteiger charge is -2.11. The number of hydrogen-bond acceptors (Lipinski definition) is 5. The van der Waals surface area contributed by atoms with Gasteiger partial charge in [0.2, 0.25) is 0 Å². The van der Waals surface area contributed by atoms with Crippen LogP contribution in [0.25, 0.3) is 0 Å². The van der Waals surface area contributed by atoms with Crippen molar-refractivity contribution in [1.82, 2.24) is 10.3 Å². The van der Waals surface area contributed by atoms with Crippen LogP contribution >= 0.6 is 11.6 Å². The Kier molecular flexibility index (Phi) is 4.49. The highest BCUT2D eigenvalue weighted by molar-refractivity contribution is 7.92. The summed E-state index contributed by atoms with van der Waals surface area (Å²) in [5, 5.41) is 5.17. The molecule has 1 aliphatic rings. The Morgan fingerprint density at radius 3 is 2.85 bits per heavy atom. The van der Waals surface area contributed by atoms with Crippen LogP contribution < -0.4 is 10.6 Å². The molecule has 2 rings (SSSR count). The Labute approximate surface area is 122 Å². The predicted octanol–water partition coefficient (Wildman–Crippen LogP) is 1.08. The average molecular weight is 318 g/mol. The van der Waals surface area contributed by atoms with Crippen LogP contribution in [0, 0.1) is 0 Å². The van der Waals surface area contributed by atoms with Gasteiger partial charge in [-0.25, -0.2) is 13.4 Å². The molecule has 0 aromatic carbocycles. The zero-order chi connectivity index (χ0) is 14.8. The van der Waals surface area contributed by atoms with Gasteiger partial charge in [-0.2, -0.15) is 0 Å². The molecule has 2 N–H and O–H groups in total. The molecule has 0 aliphatic carbocycles. The van der Waals surface area contributed by atoms with E-state index in [1.165, 1.54) is 6.07 Å². The molecule has 1 fully saturated rings. The van der Waals surface area contributed by atoms with Crippen molar-refractivity contribution >= 4 is 33.2 Å². The highest BCUT2D eigenvalue weighted by atomic mass is 35.5. The van der Waals surface area contributed by atoms with Crippen LogP contribution in [0.2, 0.25) is 5.15 Å². The number of sulfone groups is 1. The van der Waals surface area contributed by atoms with Gasteiger partial charge in [0.25, 0.3) is 5.91 Å². The predicted molar refractivity (Wildman–Crippen MR) is 77.9 cm³/mol. The smallest absolute Gasteiger partial charge is 0.251 e. The van der Waals surface area contributed by atoms with Gasteiger partial charge in [-0.3, -0.25) is 4.79 Å². The standard InChI is InChI=1S/C12H16ClN3O3S/c1-14-11-6-8(5-10(13)16-11)12(17)15-7-9-3-2-4-20(9,18)19/h5-6,9H,2-4,7H2,1H3,(H,14,16)(H,15,17). The number of pyridine rings is 1. The van der Waals surface area contributed by atoms with E-state index in [-0.39, 0.29) is 23.4 Å². The van der Waals surface area contributed by atoms with Crippen molar-refractivity contribution in [3.05, 3.63) is 22.8 Å². The van der Waals surface area contributed by atoms with Crippen LogP contribution in [-0.2, 0) is 9.84 Å². The van der Waals surface area contributed by atoms with E-state index in [2.05, 4.69) is 15.6 Å². The first-order valence-corrected chi connectivity index (χ1v) is 8.37. The highest BCUT2D eigenvalue weighted by Crippen LogP contribution is 2.19. The molecule has 110 valence electrons. The summed E-state index contributed by atoms with van der Waals surface area (Å²) in [7, 11) is -1.38. The summed E-state index contributed by atoms with van der Waals surface area (Å²) < 4.78 is 23.3. The topological polar surface area (TPSA) is 88.2 Å². The highest BCUT2D eigenvalue weighted by Gasteiger charge is 2.31. The van der Waals surface area contributed by atoms with Gasteiger partial charge >= 0.3 is 0 Å². The molecule has 0 radical (unpaired) electrons. The molecule has 1 aromatic heterocycles. The maximum absolute atomic E-state index is 12.0. The maximum atomic E-state index is 12.0. The number of hydrogen-bond donors (Lipinski definition) is 2. The average Bonchev–Trinajstić information content (AvgIpc) is 2.74. The van der Waals surface area contributed by atoms with Gasteiger partial charge < -0.3 is 10.6 Å². The summed E-state index contributed by atoms with van der Waals surface area (Å²) in [4.78, 5) is 16.0. The Balaban J connectivity index is 2.04. The number of aromatic nitrogens is 1. The van der Waals surface area contributed by atoms with Crippen LogP contribution in [0.3, 0.4) is 0 Å². The number of nitrogens with zero attached hydrogens (tertiary/aromatic N) is 1. The SMILES string of the molecule is CNc1cc(C(=O)NCC2CCCS2(=O)=O)cc(Cl)n1. The summed E-state index contributed by atoms with van der Waals surface area (Å²) in [6.45, 7) is 0.135. The minimum Gasteiger partial charge on any atom is -0.373 e. The zero-order valence-corrected chi connectivity index (χ0v) is 12.6. The Hall–Kier alpha value is -1.34. The van der Waals surface area contributed by atoms with Gasteiger partial charge in [0.05, 0.1) is 11.0 Å². The van der Waals surface area contributed by atoms with E-state index in [1.54, 1.807) is 13.1 Å². The minimum atomic E-state index is -3.05. The third kappa shape index (κ3) is 3.40. The molecule has 1 aliphatic heterocycles. The van der Waals surface area contributed by atoms with Crippen molar-refractivity contribution in [3.8, 4) is 0 Å². The van der Waals surface area contributed by atoms with Gasteiger partial charge in [0.1, 0.15) is 11.0 Å². The molecular weight excluding hydrogens is 302 g/mol. The fourth-order valence-electron chi connectivity index (χ4n) is 2.15. The first-order chi connectivity index (χ1) is 9.42. The number of rotatable bonds is 4. The van der Waals surface area contributed by atoms with Crippen molar-refractivity contribution in [2.24, 2.45) is 0 Å². The molecule has 1 unspecified atom stereocenters. The molecule has 0 spiro atoms. The second-order valence-electron chi connectivity index (χ2n) is 4.66. The normalized spacial score (nSPS) is 20.6. The van der Waals surface area contributed by atoms with Crippen molar-refractivity contribution < 1.29 is 13.2 Å². The summed E-state index contributed by atoms with van der Waals surface area (Å²) in [6, 6.07) is 3.01. The third-order valence-corrected chi connectivity index (χ3v) is 5.73. The molecule has 1 saturated heterocycles. The fraction of sp³-hybridized carbons (Fsp3) is 0.500. The van der Waals surface area contributed by atoms with Crippen LogP contribution in [0.4, 0.5) is 5.82 Å². The van der Waals surface area contributed by atoms with Crippen LogP contribution in [-0.4, -0.2) is 43.9 Å². The largest absolute Gasteiger partial charge is 0.373 e. The van der Waals surface area contributed by atoms with E-state index in [4.69, 9.17) is 11.6 Å². The number of nitrogens with one attached hydrogen (secondary N) is 2. The van der Waals surface area contributed by atoms with Crippen LogP contribution in [0.5, 0.6) is 0 Å². The molecule has 1 atom stereocenters. The minimum absolute atomic E-state index is 0.135. The number of carbonyl (C=O) groups is 1. The Bertz CT molecular complexity index is 618. The van der Waals surface area contributed by atoms with E-state index in [0.29, 0.717) is 24.2 Å². The van der Waals surface area contributed by atoms with E-state index in [0.717, 1.165) is 0 Å². The van der Waals surface area contributed by atoms with Gasteiger partial charge in [0, 0.05) is 19.2 Å². The molecule has 20 heavy (non-hydrogen) atoms. The third-order valence-electron chi connectivity index (χ3n) is 3.27. The van der Waals surface area contributed by atoms with E-state index in [9.17, 15) is 13.2 Å². The number of halogens is 1. The lowest BCUT2D eigenvalue weighted by molar-refractivity contribution is 0.0953. The van der Waals surface area contributed by atoms with Gasteiger partial charge in [0.15, 0.2) is 9.84 Å². The number of carbonyl (C=O) groups excluding carboxylic acids is 1. The molecular formula is C12H16ClN3O3S. The molecule has 1 amide bonds. The zero-order valence-electron chi connectivity index (χ0n) is 11.0. The van der Waals surface area contributed by atoms with Gasteiger partial charge in [-0.1, -0.05) is 11.6 Å². The molecule has 1 aromatic rings. The van der Waals surface area contributed by atoms with Crippen LogP contribution in [0.15, 0.2) is 12.1 Å². The number of amides is 1. The maximum Gasteiger partial charge on any atom is 0.251 e. The van der Waals surface area contributed by atoms with Crippen molar-refractivity contribution in [1.29, 1.82) is 0 Å². The quantitative estimate of drug-likeness (QED) is 0.811. The van der Waals surface area contributed by atoms with Crippen molar-refractivity contribution in [2.75, 3.05) is 24.7 Å². The van der Waals surface area contributed by atoms with E-state index >= 15 is 0 Å². The first kappa shape index (κ1) is 15.1. The lowest BCUT2D eigenvalue weighted by atomic mass is 10.2. The second-order valence-corrected chi connectivity index (χ2v) is 7.44. The van der Waals surface area contributed by atoms with Gasteiger partial charge in [-0.05, 0) is 25.0 Å². The van der Waals surface area contributed by atoms with Crippen molar-refractivity contribution in [3.63, 3.8) is 0 Å². The Morgan fingerprint density at radius 2 is 2.25 bits per heavy atom. The summed E-state index contributed by atoms with van der Waals surface area (Å²) in [6.07, 6.45) is 1.26.